The van der Waals surface area contributed by atoms with E-state index in [1.54, 1.807) is 29.3 Å². The smallest absolute Gasteiger partial charge is 0.338 e. The Morgan fingerprint density at radius 3 is 3.00 bits per heavy atom. The highest BCUT2D eigenvalue weighted by Crippen LogP contribution is 2.07. The molecule has 7 heteroatoms. The molecule has 0 saturated heterocycles. The minimum atomic E-state index is -0.378. The van der Waals surface area contributed by atoms with Gasteiger partial charge in [-0.3, -0.25) is 4.68 Å². The van der Waals surface area contributed by atoms with E-state index in [1.807, 2.05) is 7.05 Å². The average Bonchev–Trinajstić information content (AvgIpc) is 2.84. The minimum absolute atomic E-state index is 0.378. The van der Waals surface area contributed by atoms with Crippen LogP contribution < -0.4 is 5.32 Å². The first-order valence-electron chi connectivity index (χ1n) is 5.82. The number of carbonyl (C=O) groups is 1. The first-order valence-corrected chi connectivity index (χ1v) is 5.82. The maximum Gasteiger partial charge on any atom is 0.338 e. The molecule has 0 amide bonds. The monoisotopic (exact) mass is 261 g/mol. The van der Waals surface area contributed by atoms with Gasteiger partial charge in [-0.25, -0.2) is 14.8 Å². The van der Waals surface area contributed by atoms with Crippen LogP contribution >= 0.6 is 0 Å². The van der Waals surface area contributed by atoms with E-state index < -0.39 is 0 Å². The number of carbonyl (C=O) groups excluding carboxylic acids is 1. The lowest BCUT2D eigenvalue weighted by molar-refractivity contribution is 0.0600. The third-order valence-corrected chi connectivity index (χ3v) is 2.48. The Morgan fingerprint density at radius 2 is 2.32 bits per heavy atom. The molecule has 1 N–H and O–H groups in total. The Kier molecular flexibility index (Phi) is 4.07. The van der Waals surface area contributed by atoms with Gasteiger partial charge in [0.25, 0.3) is 0 Å². The molecule has 2 aromatic rings. The van der Waals surface area contributed by atoms with Crippen LogP contribution in [0.1, 0.15) is 16.2 Å². The van der Waals surface area contributed by atoms with Crippen molar-refractivity contribution in [3.05, 3.63) is 36.0 Å². The molecule has 100 valence electrons. The number of hydrogen-bond acceptors (Lipinski definition) is 6. The summed E-state index contributed by atoms with van der Waals surface area (Å²) in [5, 5.41) is 7.29. The van der Waals surface area contributed by atoms with Crippen LogP contribution in [-0.4, -0.2) is 39.4 Å². The third-order valence-electron chi connectivity index (χ3n) is 2.48. The Hall–Kier alpha value is -2.44. The highest BCUT2D eigenvalue weighted by Gasteiger charge is 2.06. The van der Waals surface area contributed by atoms with E-state index in [0.717, 1.165) is 5.82 Å². The molecule has 0 aliphatic rings. The maximum absolute atomic E-state index is 11.4. The molecule has 0 bridgehead atoms. The standard InChI is InChI=1S/C12H15N5O2/c1-17-8-15-10(16-17)4-6-14-11-7-9(3-5-13-11)12(18)19-2/h3,5,7-8H,4,6H2,1-2H3,(H,13,14). The van der Waals surface area contributed by atoms with Crippen molar-refractivity contribution in [2.45, 2.75) is 6.42 Å². The number of hydrogen-bond donors (Lipinski definition) is 1. The summed E-state index contributed by atoms with van der Waals surface area (Å²) in [6, 6.07) is 3.26. The van der Waals surface area contributed by atoms with Crippen molar-refractivity contribution < 1.29 is 9.53 Å². The van der Waals surface area contributed by atoms with Crippen molar-refractivity contribution in [1.82, 2.24) is 19.7 Å². The lowest BCUT2D eigenvalue weighted by Crippen LogP contribution is -2.09. The van der Waals surface area contributed by atoms with Crippen LogP contribution in [0.4, 0.5) is 5.82 Å². The Balaban J connectivity index is 1.90. The molecule has 0 fully saturated rings. The first-order chi connectivity index (χ1) is 9.19. The second kappa shape index (κ2) is 5.94. The van der Waals surface area contributed by atoms with Gasteiger partial charge in [-0.05, 0) is 12.1 Å². The normalized spacial score (nSPS) is 10.2. The van der Waals surface area contributed by atoms with Crippen molar-refractivity contribution in [2.24, 2.45) is 7.05 Å². The quantitative estimate of drug-likeness (QED) is 0.796. The number of anilines is 1. The molecule has 2 rings (SSSR count). The molecule has 0 spiro atoms. The van der Waals surface area contributed by atoms with Crippen LogP contribution in [0.2, 0.25) is 0 Å². The minimum Gasteiger partial charge on any atom is -0.465 e. The second-order valence-electron chi connectivity index (χ2n) is 3.93. The van der Waals surface area contributed by atoms with E-state index in [0.29, 0.717) is 24.3 Å². The summed E-state index contributed by atoms with van der Waals surface area (Å²) in [5.41, 5.74) is 0.468. The fraction of sp³-hybridized carbons (Fsp3) is 0.333. The number of nitrogens with zero attached hydrogens (tertiary/aromatic N) is 4. The van der Waals surface area contributed by atoms with E-state index in [1.165, 1.54) is 7.11 Å². The van der Waals surface area contributed by atoms with Gasteiger partial charge in [0.05, 0.1) is 12.7 Å². The molecule has 0 saturated carbocycles. The molecule has 19 heavy (non-hydrogen) atoms. The van der Waals surface area contributed by atoms with Crippen molar-refractivity contribution in [1.29, 1.82) is 0 Å². The van der Waals surface area contributed by atoms with Crippen molar-refractivity contribution in [2.75, 3.05) is 19.0 Å². The molecule has 7 nitrogen and oxygen atoms in total. The number of nitrogens with one attached hydrogen (secondary N) is 1. The maximum atomic E-state index is 11.4. The second-order valence-corrected chi connectivity index (χ2v) is 3.93. The molecule has 0 radical (unpaired) electrons. The Morgan fingerprint density at radius 1 is 1.47 bits per heavy atom. The van der Waals surface area contributed by atoms with Gasteiger partial charge in [-0.15, -0.1) is 0 Å². The first kappa shape index (κ1) is 13.0. The van der Waals surface area contributed by atoms with Crippen LogP contribution in [0.25, 0.3) is 0 Å². The Bertz CT molecular complexity index is 567. The summed E-state index contributed by atoms with van der Waals surface area (Å²) in [5.74, 6) is 1.01. The third kappa shape index (κ3) is 3.51. The lowest BCUT2D eigenvalue weighted by atomic mass is 10.2. The molecular weight excluding hydrogens is 246 g/mol. The Labute approximate surface area is 110 Å². The van der Waals surface area contributed by atoms with Crippen molar-refractivity contribution in [3.63, 3.8) is 0 Å². The van der Waals surface area contributed by atoms with Gasteiger partial charge < -0.3 is 10.1 Å². The molecule has 0 unspecified atom stereocenters. The van der Waals surface area contributed by atoms with Crippen molar-refractivity contribution >= 4 is 11.8 Å². The van der Waals surface area contributed by atoms with E-state index in [9.17, 15) is 4.79 Å². The number of pyridine rings is 1. The van der Waals surface area contributed by atoms with Gasteiger partial charge >= 0.3 is 5.97 Å². The van der Waals surface area contributed by atoms with E-state index in [2.05, 4.69) is 25.1 Å². The van der Waals surface area contributed by atoms with Crippen LogP contribution in [0.5, 0.6) is 0 Å². The predicted molar refractivity (Wildman–Crippen MR) is 68.8 cm³/mol. The van der Waals surface area contributed by atoms with Gasteiger partial charge in [0.1, 0.15) is 12.1 Å². The molecule has 0 aliphatic carbocycles. The number of aryl methyl sites for hydroxylation is 1. The molecule has 2 aromatic heterocycles. The summed E-state index contributed by atoms with van der Waals surface area (Å²) in [6.07, 6.45) is 3.91. The highest BCUT2D eigenvalue weighted by atomic mass is 16.5. The number of aromatic nitrogens is 4. The summed E-state index contributed by atoms with van der Waals surface area (Å²) in [7, 11) is 3.17. The summed E-state index contributed by atoms with van der Waals surface area (Å²) >= 11 is 0. The van der Waals surface area contributed by atoms with E-state index in [4.69, 9.17) is 0 Å². The molecule has 2 heterocycles. The van der Waals surface area contributed by atoms with E-state index in [-0.39, 0.29) is 5.97 Å². The molecule has 0 aliphatic heterocycles. The lowest BCUT2D eigenvalue weighted by Gasteiger charge is -2.05. The van der Waals surface area contributed by atoms with Gasteiger partial charge in [0.2, 0.25) is 0 Å². The number of ether oxygens (including phenoxy) is 1. The zero-order valence-corrected chi connectivity index (χ0v) is 10.8. The molecular formula is C12H15N5O2. The van der Waals surface area contributed by atoms with Gasteiger partial charge in [-0.2, -0.15) is 5.10 Å². The molecule has 0 aromatic carbocycles. The fourth-order valence-corrected chi connectivity index (χ4v) is 1.57. The average molecular weight is 261 g/mol. The highest BCUT2D eigenvalue weighted by molar-refractivity contribution is 5.89. The van der Waals surface area contributed by atoms with Crippen LogP contribution in [-0.2, 0) is 18.2 Å². The van der Waals surface area contributed by atoms with Gasteiger partial charge in [0.15, 0.2) is 5.82 Å². The molecule has 0 atom stereocenters. The SMILES string of the molecule is COC(=O)c1ccnc(NCCc2ncn(C)n2)c1. The zero-order valence-electron chi connectivity index (χ0n) is 10.8. The van der Waals surface area contributed by atoms with Gasteiger partial charge in [-0.1, -0.05) is 0 Å². The number of esters is 1. The fourth-order valence-electron chi connectivity index (χ4n) is 1.57. The van der Waals surface area contributed by atoms with E-state index >= 15 is 0 Å². The summed E-state index contributed by atoms with van der Waals surface area (Å²) in [4.78, 5) is 19.6. The summed E-state index contributed by atoms with van der Waals surface area (Å²) in [6.45, 7) is 0.641. The van der Waals surface area contributed by atoms with Crippen LogP contribution in [0, 0.1) is 0 Å². The van der Waals surface area contributed by atoms with Gasteiger partial charge in [0, 0.05) is 26.2 Å². The van der Waals surface area contributed by atoms with Crippen LogP contribution in [0.3, 0.4) is 0 Å². The largest absolute Gasteiger partial charge is 0.465 e. The zero-order chi connectivity index (χ0) is 13.7. The van der Waals surface area contributed by atoms with Crippen LogP contribution in [0.15, 0.2) is 24.7 Å². The summed E-state index contributed by atoms with van der Waals surface area (Å²) < 4.78 is 6.31. The van der Waals surface area contributed by atoms with Crippen molar-refractivity contribution in [3.8, 4) is 0 Å². The topological polar surface area (TPSA) is 81.9 Å². The number of rotatable bonds is 5. The number of methoxy groups -OCH3 is 1. The predicted octanol–water partition coefficient (Wildman–Crippen LogP) is 0.651.